The van der Waals surface area contributed by atoms with Crippen LogP contribution in [0.15, 0.2) is 42.5 Å². The largest absolute Gasteiger partial charge is 0.508 e. The second kappa shape index (κ2) is 10.4. The minimum atomic E-state index is -1.88. The van der Waals surface area contributed by atoms with Gasteiger partial charge in [0.15, 0.2) is 17.2 Å². The molecule has 0 saturated carbocycles. The average molecular weight is 478 g/mol. The van der Waals surface area contributed by atoms with Crippen molar-refractivity contribution in [3.05, 3.63) is 53.6 Å². The quantitative estimate of drug-likeness (QED) is 0.163. The lowest BCUT2D eigenvalue weighted by Gasteiger charge is -2.39. The van der Waals surface area contributed by atoms with Crippen LogP contribution in [-0.4, -0.2) is 85.0 Å². The second-order valence-corrected chi connectivity index (χ2v) is 7.34. The summed E-state index contributed by atoms with van der Waals surface area (Å²) >= 11 is 0. The van der Waals surface area contributed by atoms with Crippen molar-refractivity contribution in [3.8, 4) is 23.0 Å². The number of phenols is 4. The van der Waals surface area contributed by atoms with Crippen molar-refractivity contribution in [2.75, 3.05) is 6.61 Å². The third kappa shape index (κ3) is 5.74. The molecule has 12 nitrogen and oxygen atoms in total. The molecule has 1 heterocycles. The van der Waals surface area contributed by atoms with Gasteiger partial charge < -0.3 is 50.0 Å². The summed E-state index contributed by atoms with van der Waals surface area (Å²) in [4.78, 5) is 24.3. The molecular formula is C22H22O12. The molecule has 0 spiro atoms. The van der Waals surface area contributed by atoms with Gasteiger partial charge in [0.25, 0.3) is 0 Å². The third-order valence-electron chi connectivity index (χ3n) is 4.89. The summed E-state index contributed by atoms with van der Waals surface area (Å²) in [5.41, 5.74) is 0.187. The number of aliphatic hydroxyl groups excluding tert-OH is 3. The highest BCUT2D eigenvalue weighted by atomic mass is 16.7. The van der Waals surface area contributed by atoms with E-state index in [4.69, 9.17) is 14.2 Å². The van der Waals surface area contributed by atoms with E-state index in [1.54, 1.807) is 12.1 Å². The Morgan fingerprint density at radius 1 is 0.912 bits per heavy atom. The molecule has 1 aliphatic heterocycles. The number of aromatic hydroxyl groups is 4. The van der Waals surface area contributed by atoms with Crippen LogP contribution in [0.3, 0.4) is 0 Å². The molecule has 1 aliphatic rings. The van der Waals surface area contributed by atoms with Crippen LogP contribution >= 0.6 is 0 Å². The number of hydrogen-bond acceptors (Lipinski definition) is 12. The van der Waals surface area contributed by atoms with Gasteiger partial charge in [0.2, 0.25) is 6.29 Å². The highest BCUT2D eigenvalue weighted by Crippen LogP contribution is 2.36. The predicted molar refractivity (Wildman–Crippen MR) is 112 cm³/mol. The number of ether oxygens (including phenoxy) is 3. The summed E-state index contributed by atoms with van der Waals surface area (Å²) in [5.74, 6) is -4.45. The van der Waals surface area contributed by atoms with Crippen molar-refractivity contribution in [2.24, 2.45) is 0 Å². The molecule has 0 unspecified atom stereocenters. The van der Waals surface area contributed by atoms with Crippen molar-refractivity contribution in [3.63, 3.8) is 0 Å². The Bertz CT molecular complexity index is 1040. The van der Waals surface area contributed by atoms with E-state index in [-0.39, 0.29) is 5.75 Å². The molecule has 2 aromatic rings. The van der Waals surface area contributed by atoms with Crippen LogP contribution in [0.25, 0.3) is 6.08 Å². The third-order valence-corrected chi connectivity index (χ3v) is 4.89. The number of benzene rings is 2. The van der Waals surface area contributed by atoms with Crippen molar-refractivity contribution in [1.82, 2.24) is 0 Å². The van der Waals surface area contributed by atoms with Crippen LogP contribution in [0, 0.1) is 0 Å². The molecule has 0 bridgehead atoms. The molecular weight excluding hydrogens is 456 g/mol. The summed E-state index contributed by atoms with van der Waals surface area (Å²) in [6.45, 7) is -0.571. The first-order valence-electron chi connectivity index (χ1n) is 9.86. The van der Waals surface area contributed by atoms with Gasteiger partial charge in [-0.05, 0) is 35.9 Å². The van der Waals surface area contributed by atoms with Crippen molar-refractivity contribution >= 4 is 18.0 Å². The van der Waals surface area contributed by atoms with Gasteiger partial charge in [0, 0.05) is 6.08 Å². The fourth-order valence-corrected chi connectivity index (χ4v) is 3.01. The van der Waals surface area contributed by atoms with Crippen LogP contribution in [0.4, 0.5) is 0 Å². The minimum absolute atomic E-state index is 0.0539. The first-order valence-corrected chi connectivity index (χ1v) is 9.86. The number of carbonyl (C=O) groups is 2. The Hall–Kier alpha value is -3.84. The number of esters is 2. The SMILES string of the molecule is O=C(/C=C/c1ccc(O)cc1)OC[C@H]1O[C@@H](OC(=O)c2cc(O)c(O)c(O)c2)[C@@H](O)[C@@H](O)[C@H]1O. The molecule has 0 aromatic heterocycles. The summed E-state index contributed by atoms with van der Waals surface area (Å²) in [6.07, 6.45) is -6.10. The number of phenolic OH excluding ortho intramolecular Hbond substituents is 4. The summed E-state index contributed by atoms with van der Waals surface area (Å²) in [7, 11) is 0. The van der Waals surface area contributed by atoms with E-state index in [9.17, 15) is 45.3 Å². The van der Waals surface area contributed by atoms with Crippen molar-refractivity contribution < 1.29 is 59.5 Å². The molecule has 7 N–H and O–H groups in total. The molecule has 3 rings (SSSR count). The highest BCUT2D eigenvalue weighted by Gasteiger charge is 2.46. The maximum atomic E-state index is 12.3. The van der Waals surface area contributed by atoms with Gasteiger partial charge in [-0.25, -0.2) is 9.59 Å². The zero-order valence-electron chi connectivity index (χ0n) is 17.4. The fraction of sp³-hybridized carbons (Fsp3) is 0.273. The van der Waals surface area contributed by atoms with Crippen LogP contribution in [-0.2, 0) is 19.0 Å². The maximum Gasteiger partial charge on any atom is 0.340 e. The van der Waals surface area contributed by atoms with E-state index in [1.165, 1.54) is 18.2 Å². The van der Waals surface area contributed by atoms with Crippen LogP contribution < -0.4 is 0 Å². The van der Waals surface area contributed by atoms with Gasteiger partial charge in [0.05, 0.1) is 5.56 Å². The molecule has 1 fully saturated rings. The lowest BCUT2D eigenvalue weighted by molar-refractivity contribution is -0.285. The Balaban J connectivity index is 1.62. The first kappa shape index (κ1) is 24.8. The second-order valence-electron chi connectivity index (χ2n) is 7.34. The zero-order chi connectivity index (χ0) is 25.0. The zero-order valence-corrected chi connectivity index (χ0v) is 17.4. The Kier molecular flexibility index (Phi) is 7.58. The normalized spacial score (nSPS) is 24.6. The number of hydrogen-bond donors (Lipinski definition) is 7. The first-order chi connectivity index (χ1) is 16.1. The summed E-state index contributed by atoms with van der Waals surface area (Å²) in [6, 6.07) is 7.53. The summed E-state index contributed by atoms with van der Waals surface area (Å²) < 4.78 is 15.2. The molecule has 0 aliphatic carbocycles. The number of rotatable bonds is 6. The lowest BCUT2D eigenvalue weighted by atomic mass is 9.99. The van der Waals surface area contributed by atoms with Gasteiger partial charge in [-0.1, -0.05) is 12.1 Å². The van der Waals surface area contributed by atoms with Crippen LogP contribution in [0.5, 0.6) is 23.0 Å². The van der Waals surface area contributed by atoms with Gasteiger partial charge in [-0.3, -0.25) is 0 Å². The van der Waals surface area contributed by atoms with Crippen molar-refractivity contribution in [2.45, 2.75) is 30.7 Å². The van der Waals surface area contributed by atoms with E-state index in [0.29, 0.717) is 5.56 Å². The Labute approximate surface area is 192 Å². The summed E-state index contributed by atoms with van der Waals surface area (Å²) in [5, 5.41) is 67.9. The number of aliphatic hydroxyl groups is 3. The van der Waals surface area contributed by atoms with E-state index in [0.717, 1.165) is 18.2 Å². The van der Waals surface area contributed by atoms with E-state index >= 15 is 0 Å². The van der Waals surface area contributed by atoms with Gasteiger partial charge in [0.1, 0.15) is 36.8 Å². The molecule has 34 heavy (non-hydrogen) atoms. The lowest BCUT2D eigenvalue weighted by Crippen LogP contribution is -2.59. The standard InChI is InChI=1S/C22H22O12/c23-12-4-1-10(2-5-12)3-6-16(26)32-9-15-18(28)19(29)20(30)22(33-15)34-21(31)11-7-13(24)17(27)14(25)8-11/h1-8,15,18-20,22-25,27-30H,9H2/b6-3+/t15-,18+,19+,20+,22+/m1/s1. The van der Waals surface area contributed by atoms with Crippen LogP contribution in [0.1, 0.15) is 15.9 Å². The molecule has 0 amide bonds. The molecule has 182 valence electrons. The smallest absolute Gasteiger partial charge is 0.340 e. The van der Waals surface area contributed by atoms with E-state index < -0.39 is 72.1 Å². The fourth-order valence-electron chi connectivity index (χ4n) is 3.01. The average Bonchev–Trinajstić information content (AvgIpc) is 2.81. The predicted octanol–water partition coefficient (Wildman–Crippen LogP) is -0.270. The molecule has 2 aromatic carbocycles. The molecule has 5 atom stereocenters. The Morgan fingerprint density at radius 2 is 1.53 bits per heavy atom. The van der Waals surface area contributed by atoms with Crippen molar-refractivity contribution in [1.29, 1.82) is 0 Å². The topological polar surface area (TPSA) is 203 Å². The van der Waals surface area contributed by atoms with E-state index in [2.05, 4.69) is 0 Å². The molecule has 0 radical (unpaired) electrons. The van der Waals surface area contributed by atoms with Gasteiger partial charge >= 0.3 is 11.9 Å². The monoisotopic (exact) mass is 478 g/mol. The Morgan fingerprint density at radius 3 is 2.15 bits per heavy atom. The van der Waals surface area contributed by atoms with Crippen LogP contribution in [0.2, 0.25) is 0 Å². The minimum Gasteiger partial charge on any atom is -0.508 e. The van der Waals surface area contributed by atoms with Gasteiger partial charge in [-0.2, -0.15) is 0 Å². The molecule has 1 saturated heterocycles. The molecule has 12 heteroatoms. The van der Waals surface area contributed by atoms with E-state index in [1.807, 2.05) is 0 Å². The van der Waals surface area contributed by atoms with Gasteiger partial charge in [-0.15, -0.1) is 0 Å². The number of carbonyl (C=O) groups excluding carboxylic acids is 2. The maximum absolute atomic E-state index is 12.3. The highest BCUT2D eigenvalue weighted by molar-refractivity contribution is 5.91.